The molecule has 0 aromatic carbocycles. The summed E-state index contributed by atoms with van der Waals surface area (Å²) in [5.41, 5.74) is 2.40. The quantitative estimate of drug-likeness (QED) is 0.773. The molecule has 0 atom stereocenters. The first kappa shape index (κ1) is 15.7. The van der Waals surface area contributed by atoms with Crippen LogP contribution in [0.3, 0.4) is 0 Å². The fourth-order valence-electron chi connectivity index (χ4n) is 2.21. The smallest absolute Gasteiger partial charge is 0.0767 e. The molecule has 2 heterocycles. The summed E-state index contributed by atoms with van der Waals surface area (Å²) in [5, 5.41) is 6.73. The van der Waals surface area contributed by atoms with Crippen molar-refractivity contribution in [2.24, 2.45) is 7.05 Å². The van der Waals surface area contributed by atoms with E-state index < -0.39 is 0 Å². The average molecular weight is 356 g/mol. The molecular weight excluding hydrogens is 334 g/mol. The lowest BCUT2D eigenvalue weighted by Crippen LogP contribution is -2.30. The molecule has 0 aliphatic heterocycles. The average Bonchev–Trinajstić information content (AvgIpc) is 3.00. The van der Waals surface area contributed by atoms with Crippen molar-refractivity contribution in [3.05, 3.63) is 38.3 Å². The Labute approximate surface area is 133 Å². The van der Waals surface area contributed by atoms with Crippen LogP contribution in [-0.4, -0.2) is 20.7 Å². The summed E-state index contributed by atoms with van der Waals surface area (Å²) in [6, 6.07) is 4.83. The van der Waals surface area contributed by atoms with E-state index in [0.29, 0.717) is 6.04 Å². The number of rotatable bonds is 6. The van der Waals surface area contributed by atoms with Gasteiger partial charge in [0.2, 0.25) is 0 Å². The maximum Gasteiger partial charge on any atom is 0.0767 e. The summed E-state index contributed by atoms with van der Waals surface area (Å²) >= 11 is 5.53. The van der Waals surface area contributed by atoms with Crippen molar-refractivity contribution in [1.29, 1.82) is 0 Å². The minimum absolute atomic E-state index is 0.504. The molecule has 0 saturated heterocycles. The first-order valence-electron chi connectivity index (χ1n) is 6.99. The Kier molecular flexibility index (Phi) is 5.41. The molecule has 0 bridgehead atoms. The van der Waals surface area contributed by atoms with Crippen LogP contribution < -0.4 is 0 Å². The van der Waals surface area contributed by atoms with Gasteiger partial charge in [0.15, 0.2) is 0 Å². The molecule has 0 aliphatic rings. The van der Waals surface area contributed by atoms with E-state index in [1.165, 1.54) is 15.0 Å². The maximum atomic E-state index is 4.58. The largest absolute Gasteiger partial charge is 0.290 e. The molecule has 0 fully saturated rings. The van der Waals surface area contributed by atoms with E-state index in [1.54, 1.807) is 0 Å². The summed E-state index contributed by atoms with van der Waals surface area (Å²) in [6.07, 6.45) is 0.959. The van der Waals surface area contributed by atoms with Gasteiger partial charge in [0, 0.05) is 31.1 Å². The first-order valence-corrected chi connectivity index (χ1v) is 8.66. The molecular formula is C15H22BrN3S. The lowest BCUT2D eigenvalue weighted by molar-refractivity contribution is 0.200. The second-order valence-electron chi connectivity index (χ2n) is 5.26. The molecule has 2 aromatic heterocycles. The van der Waals surface area contributed by atoms with Gasteiger partial charge in [-0.2, -0.15) is 5.10 Å². The van der Waals surface area contributed by atoms with E-state index in [2.05, 4.69) is 64.2 Å². The molecule has 3 nitrogen and oxygen atoms in total. The number of hydrogen-bond donors (Lipinski definition) is 0. The van der Waals surface area contributed by atoms with Crippen LogP contribution in [0.15, 0.2) is 22.0 Å². The summed E-state index contributed by atoms with van der Waals surface area (Å²) in [6.45, 7) is 8.55. The lowest BCUT2D eigenvalue weighted by atomic mass is 10.2. The van der Waals surface area contributed by atoms with Crippen molar-refractivity contribution >= 4 is 27.3 Å². The van der Waals surface area contributed by atoms with Crippen LogP contribution in [0, 0.1) is 0 Å². The van der Waals surface area contributed by atoms with Crippen LogP contribution in [0.1, 0.15) is 37.0 Å². The number of aryl methyl sites for hydroxylation is 2. The molecule has 110 valence electrons. The highest BCUT2D eigenvalue weighted by Gasteiger charge is 2.18. The van der Waals surface area contributed by atoms with Gasteiger partial charge in [0.1, 0.15) is 0 Å². The van der Waals surface area contributed by atoms with Gasteiger partial charge < -0.3 is 0 Å². The van der Waals surface area contributed by atoms with E-state index in [0.717, 1.165) is 25.2 Å². The molecule has 20 heavy (non-hydrogen) atoms. The maximum absolute atomic E-state index is 4.58. The van der Waals surface area contributed by atoms with Gasteiger partial charge in [-0.25, -0.2) is 0 Å². The molecule has 0 saturated carbocycles. The van der Waals surface area contributed by atoms with Crippen LogP contribution in [0.4, 0.5) is 0 Å². The predicted octanol–water partition coefficient (Wildman–Crippen LogP) is 4.22. The third kappa shape index (κ3) is 3.51. The van der Waals surface area contributed by atoms with E-state index in [9.17, 15) is 0 Å². The lowest BCUT2D eigenvalue weighted by Gasteiger charge is -2.26. The fraction of sp³-hybridized carbons (Fsp3) is 0.533. The van der Waals surface area contributed by atoms with Crippen LogP contribution >= 0.6 is 27.3 Å². The second-order valence-corrected chi connectivity index (χ2v) is 7.09. The van der Waals surface area contributed by atoms with Crippen LogP contribution in [0.5, 0.6) is 0 Å². The van der Waals surface area contributed by atoms with Crippen molar-refractivity contribution in [1.82, 2.24) is 14.7 Å². The highest BCUT2D eigenvalue weighted by Crippen LogP contribution is 2.25. The van der Waals surface area contributed by atoms with Crippen molar-refractivity contribution < 1.29 is 0 Å². The van der Waals surface area contributed by atoms with Crippen LogP contribution in [0.25, 0.3) is 0 Å². The summed E-state index contributed by atoms with van der Waals surface area (Å²) in [5.74, 6) is 0. The standard InChI is InChI=1S/C15H22BrN3S/c1-5-13-15(16)14(18(4)17-13)10-19(11(2)3)9-12-7-6-8-20-12/h6-8,11H,5,9-10H2,1-4H3. The zero-order chi connectivity index (χ0) is 14.7. The van der Waals surface area contributed by atoms with Gasteiger partial charge in [-0.3, -0.25) is 9.58 Å². The monoisotopic (exact) mass is 355 g/mol. The molecule has 0 spiro atoms. The molecule has 5 heteroatoms. The number of nitrogens with zero attached hydrogens (tertiary/aromatic N) is 3. The number of aromatic nitrogens is 2. The summed E-state index contributed by atoms with van der Waals surface area (Å²) in [7, 11) is 2.03. The molecule has 2 rings (SSSR count). The fourth-order valence-corrected chi connectivity index (χ4v) is 3.68. The van der Waals surface area contributed by atoms with E-state index >= 15 is 0 Å². The topological polar surface area (TPSA) is 21.1 Å². The van der Waals surface area contributed by atoms with Crippen molar-refractivity contribution in [3.8, 4) is 0 Å². The number of halogens is 1. The Morgan fingerprint density at radius 3 is 2.65 bits per heavy atom. The van der Waals surface area contributed by atoms with Crippen LogP contribution in [-0.2, 0) is 26.6 Å². The van der Waals surface area contributed by atoms with Gasteiger partial charge in [0.25, 0.3) is 0 Å². The highest BCUT2D eigenvalue weighted by atomic mass is 79.9. The summed E-state index contributed by atoms with van der Waals surface area (Å²) < 4.78 is 3.17. The van der Waals surface area contributed by atoms with Gasteiger partial charge in [-0.1, -0.05) is 13.0 Å². The predicted molar refractivity (Wildman–Crippen MR) is 89.0 cm³/mol. The first-order chi connectivity index (χ1) is 9.52. The van der Waals surface area contributed by atoms with Gasteiger partial charge >= 0.3 is 0 Å². The molecule has 0 unspecified atom stereocenters. The Bertz CT molecular complexity index is 546. The Morgan fingerprint density at radius 2 is 2.15 bits per heavy atom. The third-order valence-electron chi connectivity index (χ3n) is 3.53. The van der Waals surface area contributed by atoms with Crippen LogP contribution in [0.2, 0.25) is 0 Å². The van der Waals surface area contributed by atoms with Crippen molar-refractivity contribution in [3.63, 3.8) is 0 Å². The Morgan fingerprint density at radius 1 is 1.40 bits per heavy atom. The van der Waals surface area contributed by atoms with Gasteiger partial charge in [-0.05, 0) is 47.6 Å². The van der Waals surface area contributed by atoms with E-state index in [1.807, 2.05) is 23.1 Å². The Balaban J connectivity index is 2.18. The zero-order valence-corrected chi connectivity index (χ0v) is 15.0. The highest BCUT2D eigenvalue weighted by molar-refractivity contribution is 9.10. The normalized spacial score (nSPS) is 11.8. The Hall–Kier alpha value is -0.650. The van der Waals surface area contributed by atoms with Gasteiger partial charge in [-0.15, -0.1) is 11.3 Å². The van der Waals surface area contributed by atoms with Crippen molar-refractivity contribution in [2.45, 2.75) is 46.3 Å². The number of thiophene rings is 1. The van der Waals surface area contributed by atoms with E-state index in [4.69, 9.17) is 0 Å². The molecule has 2 aromatic rings. The minimum atomic E-state index is 0.504. The van der Waals surface area contributed by atoms with Gasteiger partial charge in [0.05, 0.1) is 15.9 Å². The SMILES string of the molecule is CCc1nn(C)c(CN(Cc2cccs2)C(C)C)c1Br. The molecule has 0 N–H and O–H groups in total. The zero-order valence-electron chi connectivity index (χ0n) is 12.6. The van der Waals surface area contributed by atoms with E-state index in [-0.39, 0.29) is 0 Å². The number of hydrogen-bond acceptors (Lipinski definition) is 3. The molecule has 0 aliphatic carbocycles. The third-order valence-corrected chi connectivity index (χ3v) is 5.30. The minimum Gasteiger partial charge on any atom is -0.290 e. The molecule has 0 radical (unpaired) electrons. The second kappa shape index (κ2) is 6.87. The summed E-state index contributed by atoms with van der Waals surface area (Å²) in [4.78, 5) is 3.89. The molecule has 0 amide bonds. The van der Waals surface area contributed by atoms with Crippen molar-refractivity contribution in [2.75, 3.05) is 0 Å².